The highest BCUT2D eigenvalue weighted by Crippen LogP contribution is 2.28. The molecule has 0 unspecified atom stereocenters. The first-order valence-electron chi connectivity index (χ1n) is 7.92. The molecule has 1 aliphatic carbocycles. The summed E-state index contributed by atoms with van der Waals surface area (Å²) < 4.78 is 1.99. The molecule has 2 heterocycles. The molecule has 4 nitrogen and oxygen atoms in total. The number of nitrogens with zero attached hydrogens (tertiary/aromatic N) is 3. The predicted molar refractivity (Wildman–Crippen MR) is 85.7 cm³/mol. The van der Waals surface area contributed by atoms with Gasteiger partial charge in [-0.25, -0.2) is 9.97 Å². The zero-order valence-electron chi connectivity index (χ0n) is 12.9. The summed E-state index contributed by atoms with van der Waals surface area (Å²) in [6.45, 7) is 5.42. The lowest BCUT2D eigenvalue weighted by Gasteiger charge is -2.26. The molecule has 1 fully saturated rings. The second-order valence-corrected chi connectivity index (χ2v) is 6.26. The lowest BCUT2D eigenvalue weighted by molar-refractivity contribution is 0.300. The van der Waals surface area contributed by atoms with E-state index in [1.54, 1.807) is 6.20 Å². The van der Waals surface area contributed by atoms with Crippen LogP contribution in [0.25, 0.3) is 5.82 Å². The normalized spacial score (nSPS) is 22.2. The van der Waals surface area contributed by atoms with E-state index >= 15 is 0 Å². The number of aromatic nitrogens is 3. The molecular weight excluding hydrogens is 260 g/mol. The van der Waals surface area contributed by atoms with Crippen LogP contribution in [-0.4, -0.2) is 21.1 Å². The summed E-state index contributed by atoms with van der Waals surface area (Å²) in [6, 6.07) is 4.15. The number of hydrogen-bond acceptors (Lipinski definition) is 3. The summed E-state index contributed by atoms with van der Waals surface area (Å²) >= 11 is 0. The molecule has 112 valence electrons. The highest BCUT2D eigenvalue weighted by molar-refractivity contribution is 5.43. The summed E-state index contributed by atoms with van der Waals surface area (Å²) in [5.74, 6) is 3.61. The second kappa shape index (κ2) is 6.29. The third-order valence-electron chi connectivity index (χ3n) is 4.55. The Balaban J connectivity index is 1.56. The van der Waals surface area contributed by atoms with Crippen molar-refractivity contribution in [3.8, 4) is 5.82 Å². The zero-order valence-corrected chi connectivity index (χ0v) is 12.9. The predicted octanol–water partition coefficient (Wildman–Crippen LogP) is 3.81. The molecule has 0 bridgehead atoms. The van der Waals surface area contributed by atoms with Gasteiger partial charge in [0.15, 0.2) is 0 Å². The van der Waals surface area contributed by atoms with Crippen molar-refractivity contribution in [3.63, 3.8) is 0 Å². The summed E-state index contributed by atoms with van der Waals surface area (Å²) in [5, 5.41) is 3.53. The van der Waals surface area contributed by atoms with Crippen molar-refractivity contribution in [2.45, 2.75) is 39.5 Å². The maximum absolute atomic E-state index is 4.52. The Kier molecular flexibility index (Phi) is 4.23. The average Bonchev–Trinajstić information content (AvgIpc) is 2.93. The van der Waals surface area contributed by atoms with Gasteiger partial charge in [-0.1, -0.05) is 19.8 Å². The Morgan fingerprint density at radius 3 is 2.62 bits per heavy atom. The fraction of sp³-hybridized carbons (Fsp3) is 0.529. The largest absolute Gasteiger partial charge is 0.384 e. The van der Waals surface area contributed by atoms with Gasteiger partial charge in [-0.2, -0.15) is 0 Å². The molecule has 1 aliphatic rings. The third-order valence-corrected chi connectivity index (χ3v) is 4.55. The number of pyridine rings is 1. The van der Waals surface area contributed by atoms with Gasteiger partial charge in [-0.05, 0) is 43.7 Å². The van der Waals surface area contributed by atoms with Gasteiger partial charge in [-0.15, -0.1) is 0 Å². The van der Waals surface area contributed by atoms with Gasteiger partial charge in [0, 0.05) is 18.9 Å². The number of hydrogen-bond donors (Lipinski definition) is 1. The number of imidazole rings is 1. The van der Waals surface area contributed by atoms with E-state index in [-0.39, 0.29) is 0 Å². The van der Waals surface area contributed by atoms with Crippen LogP contribution in [-0.2, 0) is 0 Å². The number of anilines is 1. The second-order valence-electron chi connectivity index (χ2n) is 6.26. The standard InChI is InChI=1S/C17H24N4/c1-13-3-5-15(6-4-13)11-19-16-7-8-17(20-12-16)21-10-9-18-14(21)2/h7-10,12-13,15,19H,3-6,11H2,1-2H3. The number of rotatable bonds is 4. The van der Waals surface area contributed by atoms with E-state index in [4.69, 9.17) is 0 Å². The number of aryl methyl sites for hydroxylation is 1. The van der Waals surface area contributed by atoms with Crippen molar-refractivity contribution in [3.05, 3.63) is 36.5 Å². The summed E-state index contributed by atoms with van der Waals surface area (Å²) in [6.07, 6.45) is 11.1. The van der Waals surface area contributed by atoms with E-state index < -0.39 is 0 Å². The molecule has 1 N–H and O–H groups in total. The Morgan fingerprint density at radius 2 is 2.00 bits per heavy atom. The van der Waals surface area contributed by atoms with Gasteiger partial charge in [-0.3, -0.25) is 4.57 Å². The third kappa shape index (κ3) is 3.43. The maximum Gasteiger partial charge on any atom is 0.138 e. The minimum absolute atomic E-state index is 0.816. The highest BCUT2D eigenvalue weighted by Gasteiger charge is 2.17. The molecule has 4 heteroatoms. The van der Waals surface area contributed by atoms with Crippen LogP contribution in [0.4, 0.5) is 5.69 Å². The van der Waals surface area contributed by atoms with Gasteiger partial charge < -0.3 is 5.32 Å². The topological polar surface area (TPSA) is 42.7 Å². The molecule has 0 saturated heterocycles. The Bertz CT molecular complexity index is 565. The van der Waals surface area contributed by atoms with E-state index in [0.29, 0.717) is 0 Å². The van der Waals surface area contributed by atoms with E-state index in [1.807, 2.05) is 30.0 Å². The van der Waals surface area contributed by atoms with Crippen LogP contribution in [0, 0.1) is 18.8 Å². The molecule has 0 spiro atoms. The van der Waals surface area contributed by atoms with Gasteiger partial charge in [0.1, 0.15) is 11.6 Å². The molecule has 1 saturated carbocycles. The minimum atomic E-state index is 0.816. The Morgan fingerprint density at radius 1 is 1.19 bits per heavy atom. The monoisotopic (exact) mass is 284 g/mol. The zero-order chi connectivity index (χ0) is 14.7. The highest BCUT2D eigenvalue weighted by atomic mass is 15.1. The molecule has 0 atom stereocenters. The number of nitrogens with one attached hydrogen (secondary N) is 1. The van der Waals surface area contributed by atoms with E-state index in [0.717, 1.165) is 35.7 Å². The van der Waals surface area contributed by atoms with Crippen molar-refractivity contribution in [2.24, 2.45) is 11.8 Å². The van der Waals surface area contributed by atoms with Crippen molar-refractivity contribution in [2.75, 3.05) is 11.9 Å². The van der Waals surface area contributed by atoms with Gasteiger partial charge >= 0.3 is 0 Å². The van der Waals surface area contributed by atoms with Crippen molar-refractivity contribution in [1.82, 2.24) is 14.5 Å². The minimum Gasteiger partial charge on any atom is -0.384 e. The van der Waals surface area contributed by atoms with Crippen LogP contribution in [0.5, 0.6) is 0 Å². The first kappa shape index (κ1) is 14.1. The van der Waals surface area contributed by atoms with Crippen LogP contribution in [0.2, 0.25) is 0 Å². The van der Waals surface area contributed by atoms with Crippen molar-refractivity contribution >= 4 is 5.69 Å². The van der Waals surface area contributed by atoms with Crippen LogP contribution in [0.1, 0.15) is 38.4 Å². The quantitative estimate of drug-likeness (QED) is 0.928. The lowest BCUT2D eigenvalue weighted by atomic mass is 9.83. The fourth-order valence-electron chi connectivity index (χ4n) is 3.05. The molecular formula is C17H24N4. The Labute approximate surface area is 126 Å². The molecule has 0 radical (unpaired) electrons. The smallest absolute Gasteiger partial charge is 0.138 e. The van der Waals surface area contributed by atoms with Gasteiger partial charge in [0.2, 0.25) is 0 Å². The fourth-order valence-corrected chi connectivity index (χ4v) is 3.05. The first-order valence-corrected chi connectivity index (χ1v) is 7.92. The van der Waals surface area contributed by atoms with Crippen LogP contribution in [0.3, 0.4) is 0 Å². The molecule has 2 aromatic rings. The van der Waals surface area contributed by atoms with E-state index in [9.17, 15) is 0 Å². The maximum atomic E-state index is 4.52. The molecule has 2 aromatic heterocycles. The average molecular weight is 284 g/mol. The van der Waals surface area contributed by atoms with Gasteiger partial charge in [0.25, 0.3) is 0 Å². The van der Waals surface area contributed by atoms with Crippen LogP contribution < -0.4 is 5.32 Å². The molecule has 3 rings (SSSR count). The molecule has 0 aliphatic heterocycles. The molecule has 21 heavy (non-hydrogen) atoms. The van der Waals surface area contributed by atoms with Gasteiger partial charge in [0.05, 0.1) is 11.9 Å². The van der Waals surface area contributed by atoms with E-state index in [2.05, 4.69) is 28.3 Å². The summed E-state index contributed by atoms with van der Waals surface area (Å²) in [5.41, 5.74) is 1.11. The van der Waals surface area contributed by atoms with Crippen molar-refractivity contribution in [1.29, 1.82) is 0 Å². The SMILES string of the molecule is Cc1nccn1-c1ccc(NCC2CCC(C)CC2)cn1. The van der Waals surface area contributed by atoms with Crippen molar-refractivity contribution < 1.29 is 0 Å². The first-order chi connectivity index (χ1) is 10.2. The summed E-state index contributed by atoms with van der Waals surface area (Å²) in [7, 11) is 0. The molecule has 0 amide bonds. The van der Waals surface area contributed by atoms with E-state index in [1.165, 1.54) is 25.7 Å². The van der Waals surface area contributed by atoms with Crippen LogP contribution in [0.15, 0.2) is 30.7 Å². The van der Waals surface area contributed by atoms with Crippen LogP contribution >= 0.6 is 0 Å². The summed E-state index contributed by atoms with van der Waals surface area (Å²) in [4.78, 5) is 8.74. The molecule has 0 aromatic carbocycles. The Hall–Kier alpha value is -1.84. The lowest BCUT2D eigenvalue weighted by Crippen LogP contribution is -2.20.